The Morgan fingerprint density at radius 1 is 1.33 bits per heavy atom. The van der Waals surface area contributed by atoms with Gasteiger partial charge in [-0.05, 0) is 25.8 Å². The van der Waals surface area contributed by atoms with Crippen LogP contribution in [0, 0.1) is 10.8 Å². The summed E-state index contributed by atoms with van der Waals surface area (Å²) in [4.78, 5) is 13.7. The van der Waals surface area contributed by atoms with Gasteiger partial charge in [-0.15, -0.1) is 0 Å². The number of rotatable bonds is 8. The van der Waals surface area contributed by atoms with Crippen LogP contribution in [0.1, 0.15) is 32.1 Å². The number of nitrogens with zero attached hydrogens (tertiary/aromatic N) is 1. The third-order valence-corrected chi connectivity index (χ3v) is 5.47. The van der Waals surface area contributed by atoms with Crippen LogP contribution in [-0.2, 0) is 4.74 Å². The van der Waals surface area contributed by atoms with Crippen LogP contribution in [0.2, 0.25) is 0 Å². The number of nitrogens with one attached hydrogen (secondary N) is 6. The van der Waals surface area contributed by atoms with Crippen LogP contribution >= 0.6 is 0 Å². The van der Waals surface area contributed by atoms with Gasteiger partial charge in [-0.25, -0.2) is 4.79 Å². The van der Waals surface area contributed by atoms with Crippen LogP contribution in [0.5, 0.6) is 0 Å². The third kappa shape index (κ3) is 3.74. The standard InChI is InChI=1S/C16H30N8O3/c17-6-3-1-2-4-7-20-15(26)27-9-10-12-16(23-13(18)22-12)11(25)5-8-24(16)14(19)21-10/h10-12,25H,1-9,17H2,(H2,19,21)(H,20,26)(H3,18,22,23)/t10-,11-,12-,16+/m0/s1. The van der Waals surface area contributed by atoms with Gasteiger partial charge in [-0.1, -0.05) is 12.8 Å². The van der Waals surface area contributed by atoms with Crippen molar-refractivity contribution in [1.82, 2.24) is 26.2 Å². The molecule has 3 saturated heterocycles. The summed E-state index contributed by atoms with van der Waals surface area (Å²) in [5.41, 5.74) is 4.49. The number of hydrogen-bond donors (Lipinski definition) is 8. The third-order valence-electron chi connectivity index (χ3n) is 5.47. The first-order chi connectivity index (χ1) is 13.0. The van der Waals surface area contributed by atoms with E-state index in [-0.39, 0.29) is 18.5 Å². The summed E-state index contributed by atoms with van der Waals surface area (Å²) < 4.78 is 5.31. The molecule has 1 amide bonds. The second-order valence-electron chi connectivity index (χ2n) is 7.23. The number of aliphatic hydroxyl groups is 1. The maximum atomic E-state index is 11.9. The number of alkyl carbamates (subject to hydrolysis) is 1. The Balaban J connectivity index is 1.51. The minimum Gasteiger partial charge on any atom is -0.447 e. The normalized spacial score (nSPS) is 31.5. The zero-order valence-corrected chi connectivity index (χ0v) is 15.4. The van der Waals surface area contributed by atoms with Crippen molar-refractivity contribution < 1.29 is 14.6 Å². The van der Waals surface area contributed by atoms with Crippen LogP contribution in [0.3, 0.4) is 0 Å². The van der Waals surface area contributed by atoms with Gasteiger partial charge in [0.1, 0.15) is 6.61 Å². The number of nitrogens with two attached hydrogens (primary N) is 1. The quantitative estimate of drug-likeness (QED) is 0.232. The molecule has 3 rings (SSSR count). The van der Waals surface area contributed by atoms with E-state index in [4.69, 9.17) is 21.3 Å². The average molecular weight is 382 g/mol. The summed E-state index contributed by atoms with van der Waals surface area (Å²) in [6, 6.07) is -0.840. The topological polar surface area (TPSA) is 172 Å². The summed E-state index contributed by atoms with van der Waals surface area (Å²) in [6.45, 7) is 1.77. The number of carbonyl (C=O) groups excluding carboxylic acids is 1. The molecule has 1 spiro atoms. The van der Waals surface area contributed by atoms with Crippen molar-refractivity contribution in [2.75, 3.05) is 26.2 Å². The second-order valence-corrected chi connectivity index (χ2v) is 7.23. The highest BCUT2D eigenvalue weighted by Crippen LogP contribution is 2.37. The van der Waals surface area contributed by atoms with E-state index in [1.54, 1.807) is 4.90 Å². The van der Waals surface area contributed by atoms with E-state index in [1.807, 2.05) is 0 Å². The first kappa shape index (κ1) is 19.5. The predicted octanol–water partition coefficient (Wildman–Crippen LogP) is -1.60. The molecule has 0 aliphatic carbocycles. The van der Waals surface area contributed by atoms with Crippen molar-refractivity contribution in [2.24, 2.45) is 5.73 Å². The van der Waals surface area contributed by atoms with E-state index < -0.39 is 29.9 Å². The molecule has 11 nitrogen and oxygen atoms in total. The lowest BCUT2D eigenvalue weighted by atomic mass is 9.88. The number of unbranched alkanes of at least 4 members (excludes halogenated alkanes) is 3. The van der Waals surface area contributed by atoms with Gasteiger partial charge in [0.2, 0.25) is 0 Å². The van der Waals surface area contributed by atoms with E-state index in [0.717, 1.165) is 25.7 Å². The molecule has 152 valence electrons. The summed E-state index contributed by atoms with van der Waals surface area (Å²) in [5.74, 6) is 0.245. The van der Waals surface area contributed by atoms with Crippen molar-refractivity contribution >= 4 is 18.0 Å². The Kier molecular flexibility index (Phi) is 5.90. The molecule has 3 heterocycles. The number of hydrogen-bond acceptors (Lipinski definition) is 6. The van der Waals surface area contributed by atoms with E-state index in [2.05, 4.69) is 21.3 Å². The fourth-order valence-corrected chi connectivity index (χ4v) is 4.15. The summed E-state index contributed by atoms with van der Waals surface area (Å²) in [7, 11) is 0. The van der Waals surface area contributed by atoms with Crippen molar-refractivity contribution in [2.45, 2.75) is 56.0 Å². The molecular formula is C16H30N8O3. The van der Waals surface area contributed by atoms with Crippen LogP contribution < -0.4 is 27.0 Å². The van der Waals surface area contributed by atoms with Crippen LogP contribution in [-0.4, -0.2) is 78.1 Å². The average Bonchev–Trinajstić information content (AvgIpc) is 3.16. The van der Waals surface area contributed by atoms with E-state index in [0.29, 0.717) is 26.1 Å². The molecule has 3 aliphatic heterocycles. The summed E-state index contributed by atoms with van der Waals surface area (Å²) in [5, 5.41) is 38.4. The van der Waals surface area contributed by atoms with E-state index >= 15 is 0 Å². The molecule has 27 heavy (non-hydrogen) atoms. The lowest BCUT2D eigenvalue weighted by Gasteiger charge is -2.49. The molecule has 0 unspecified atom stereocenters. The van der Waals surface area contributed by atoms with Gasteiger partial charge in [0.25, 0.3) is 0 Å². The molecule has 11 heteroatoms. The zero-order valence-electron chi connectivity index (χ0n) is 15.4. The number of guanidine groups is 2. The Hall–Kier alpha value is -2.27. The zero-order chi connectivity index (χ0) is 19.4. The fraction of sp³-hybridized carbons (Fsp3) is 0.812. The smallest absolute Gasteiger partial charge is 0.407 e. The highest BCUT2D eigenvalue weighted by Gasteiger charge is 2.63. The summed E-state index contributed by atoms with van der Waals surface area (Å²) in [6.07, 6.45) is 3.18. The van der Waals surface area contributed by atoms with Crippen molar-refractivity contribution in [3.8, 4) is 0 Å². The van der Waals surface area contributed by atoms with Crippen molar-refractivity contribution in [3.63, 3.8) is 0 Å². The monoisotopic (exact) mass is 382 g/mol. The van der Waals surface area contributed by atoms with Gasteiger partial charge in [0.05, 0.1) is 18.2 Å². The van der Waals surface area contributed by atoms with Gasteiger partial charge in [0.15, 0.2) is 17.6 Å². The summed E-state index contributed by atoms with van der Waals surface area (Å²) >= 11 is 0. The van der Waals surface area contributed by atoms with Gasteiger partial charge in [-0.3, -0.25) is 10.8 Å². The first-order valence-electron chi connectivity index (χ1n) is 9.53. The first-order valence-corrected chi connectivity index (χ1v) is 9.53. The van der Waals surface area contributed by atoms with Gasteiger partial charge in [0, 0.05) is 13.1 Å². The number of ether oxygens (including phenoxy) is 1. The van der Waals surface area contributed by atoms with Gasteiger partial charge < -0.3 is 41.7 Å². The molecular weight excluding hydrogens is 352 g/mol. The van der Waals surface area contributed by atoms with Crippen LogP contribution in [0.15, 0.2) is 0 Å². The fourth-order valence-electron chi connectivity index (χ4n) is 4.15. The van der Waals surface area contributed by atoms with Gasteiger partial charge >= 0.3 is 6.09 Å². The second kappa shape index (κ2) is 8.17. The van der Waals surface area contributed by atoms with E-state index in [9.17, 15) is 9.90 Å². The minimum absolute atomic E-state index is 0.0241. The van der Waals surface area contributed by atoms with Gasteiger partial charge in [-0.2, -0.15) is 0 Å². The SMILES string of the molecule is N=C1N[C@H]2[C@H](COC(=O)NCCCCCCN)NC(=N)N3CC[C@H](O)[C@]23N1. The Bertz CT molecular complexity index is 588. The Morgan fingerprint density at radius 3 is 2.89 bits per heavy atom. The number of aliphatic hydroxyl groups excluding tert-OH is 1. The molecule has 3 fully saturated rings. The number of amides is 1. The molecule has 9 N–H and O–H groups in total. The minimum atomic E-state index is -0.951. The molecule has 0 aromatic heterocycles. The molecule has 0 bridgehead atoms. The maximum Gasteiger partial charge on any atom is 0.407 e. The molecule has 0 saturated carbocycles. The lowest BCUT2D eigenvalue weighted by Crippen LogP contribution is -2.77. The molecule has 4 atom stereocenters. The molecule has 3 aliphatic rings. The maximum absolute atomic E-state index is 11.9. The lowest BCUT2D eigenvalue weighted by molar-refractivity contribution is 0.00356. The predicted molar refractivity (Wildman–Crippen MR) is 99.4 cm³/mol. The Labute approximate surface area is 158 Å². The largest absolute Gasteiger partial charge is 0.447 e. The highest BCUT2D eigenvalue weighted by molar-refractivity contribution is 5.87. The van der Waals surface area contributed by atoms with Crippen molar-refractivity contribution in [1.29, 1.82) is 10.8 Å². The van der Waals surface area contributed by atoms with E-state index in [1.165, 1.54) is 0 Å². The molecule has 0 aromatic carbocycles. The Morgan fingerprint density at radius 2 is 2.11 bits per heavy atom. The molecule has 0 radical (unpaired) electrons. The highest BCUT2D eigenvalue weighted by atomic mass is 16.5. The number of carbonyl (C=O) groups is 1. The molecule has 0 aromatic rings. The van der Waals surface area contributed by atoms with Crippen LogP contribution in [0.4, 0.5) is 4.79 Å². The van der Waals surface area contributed by atoms with Crippen LogP contribution in [0.25, 0.3) is 0 Å². The van der Waals surface area contributed by atoms with Crippen molar-refractivity contribution in [3.05, 3.63) is 0 Å².